The molecule has 2 nitrogen and oxygen atoms in total. The molecule has 1 aromatic carbocycles. The van der Waals surface area contributed by atoms with E-state index in [9.17, 15) is 8.78 Å². The van der Waals surface area contributed by atoms with Crippen LogP contribution >= 0.6 is 0 Å². The minimum Gasteiger partial charge on any atom is -0.487 e. The lowest BCUT2D eigenvalue weighted by Crippen LogP contribution is -2.12. The Morgan fingerprint density at radius 2 is 1.72 bits per heavy atom. The third-order valence-corrected chi connectivity index (χ3v) is 3.06. The highest BCUT2D eigenvalue weighted by molar-refractivity contribution is 5.31. The maximum Gasteiger partial charge on any atom is 0.190 e. The third kappa shape index (κ3) is 3.95. The second kappa shape index (κ2) is 7.31. The van der Waals surface area contributed by atoms with Crippen molar-refractivity contribution in [3.05, 3.63) is 29.3 Å². The Morgan fingerprint density at radius 3 is 2.17 bits per heavy atom. The number of nitrogens with one attached hydrogen (secondary N) is 1. The van der Waals surface area contributed by atoms with Gasteiger partial charge < -0.3 is 10.1 Å². The number of rotatable bonds is 7. The monoisotopic (exact) mass is 257 g/mol. The van der Waals surface area contributed by atoms with E-state index in [0.717, 1.165) is 12.8 Å². The predicted molar refractivity (Wildman–Crippen MR) is 68.7 cm³/mol. The first-order chi connectivity index (χ1) is 8.62. The van der Waals surface area contributed by atoms with E-state index in [0.29, 0.717) is 24.6 Å². The smallest absolute Gasteiger partial charge is 0.190 e. The van der Waals surface area contributed by atoms with Crippen molar-refractivity contribution in [3.8, 4) is 5.75 Å². The van der Waals surface area contributed by atoms with Gasteiger partial charge >= 0.3 is 0 Å². The molecule has 0 aliphatic heterocycles. The van der Waals surface area contributed by atoms with Crippen molar-refractivity contribution in [3.63, 3.8) is 0 Å². The van der Waals surface area contributed by atoms with Gasteiger partial charge in [-0.1, -0.05) is 26.7 Å². The van der Waals surface area contributed by atoms with Crippen LogP contribution in [-0.2, 0) is 6.54 Å². The van der Waals surface area contributed by atoms with Crippen molar-refractivity contribution in [2.45, 2.75) is 33.2 Å². The van der Waals surface area contributed by atoms with Crippen LogP contribution in [0.15, 0.2) is 12.1 Å². The average Bonchev–Trinajstić information content (AvgIpc) is 2.33. The predicted octanol–water partition coefficient (Wildman–Crippen LogP) is 3.50. The number of halogens is 2. The zero-order chi connectivity index (χ0) is 13.5. The van der Waals surface area contributed by atoms with Gasteiger partial charge in [-0.05, 0) is 30.7 Å². The molecule has 18 heavy (non-hydrogen) atoms. The Bertz CT molecular complexity index is 355. The lowest BCUT2D eigenvalue weighted by Gasteiger charge is -2.15. The highest BCUT2D eigenvalue weighted by Gasteiger charge is 2.14. The summed E-state index contributed by atoms with van der Waals surface area (Å²) in [5.74, 6) is -1.19. The van der Waals surface area contributed by atoms with Crippen LogP contribution in [0.3, 0.4) is 0 Å². The number of ether oxygens (including phenoxy) is 1. The van der Waals surface area contributed by atoms with Crippen molar-refractivity contribution in [1.82, 2.24) is 5.32 Å². The second-order valence-electron chi connectivity index (χ2n) is 4.41. The minimum absolute atomic E-state index is 0.262. The highest BCUT2D eigenvalue weighted by Crippen LogP contribution is 2.24. The normalized spacial score (nSPS) is 11.0. The Morgan fingerprint density at radius 1 is 1.17 bits per heavy atom. The Balaban J connectivity index is 2.77. The van der Waals surface area contributed by atoms with E-state index in [4.69, 9.17) is 4.74 Å². The van der Waals surface area contributed by atoms with Crippen LogP contribution in [-0.4, -0.2) is 13.7 Å². The van der Waals surface area contributed by atoms with Gasteiger partial charge in [0.15, 0.2) is 17.4 Å². The summed E-state index contributed by atoms with van der Waals surface area (Å²) in [6.07, 6.45) is 1.88. The number of hydrogen-bond donors (Lipinski definition) is 1. The fourth-order valence-corrected chi connectivity index (χ4v) is 1.78. The van der Waals surface area contributed by atoms with Gasteiger partial charge in [-0.15, -0.1) is 0 Å². The quantitative estimate of drug-likeness (QED) is 0.807. The molecule has 0 heterocycles. The van der Waals surface area contributed by atoms with Crippen LogP contribution in [0.25, 0.3) is 0 Å². The largest absolute Gasteiger partial charge is 0.487 e. The lowest BCUT2D eigenvalue weighted by molar-refractivity contribution is 0.221. The van der Waals surface area contributed by atoms with E-state index in [-0.39, 0.29) is 5.75 Å². The van der Waals surface area contributed by atoms with Gasteiger partial charge in [0, 0.05) is 6.54 Å². The zero-order valence-corrected chi connectivity index (χ0v) is 11.2. The molecule has 0 bridgehead atoms. The summed E-state index contributed by atoms with van der Waals surface area (Å²) >= 11 is 0. The first kappa shape index (κ1) is 14.9. The van der Waals surface area contributed by atoms with Gasteiger partial charge in [-0.25, -0.2) is 8.78 Å². The van der Waals surface area contributed by atoms with E-state index in [1.807, 2.05) is 13.8 Å². The molecular weight excluding hydrogens is 236 g/mol. The molecule has 0 aliphatic rings. The van der Waals surface area contributed by atoms with Gasteiger partial charge in [-0.3, -0.25) is 0 Å². The van der Waals surface area contributed by atoms with Crippen LogP contribution in [0, 0.1) is 17.6 Å². The molecule has 0 fully saturated rings. The molecule has 0 saturated carbocycles. The summed E-state index contributed by atoms with van der Waals surface area (Å²) in [6.45, 7) is 4.87. The molecule has 0 spiro atoms. The molecule has 0 saturated heterocycles. The van der Waals surface area contributed by atoms with E-state index < -0.39 is 11.6 Å². The molecule has 0 aliphatic carbocycles. The Labute approximate surface area is 107 Å². The van der Waals surface area contributed by atoms with Crippen LogP contribution < -0.4 is 10.1 Å². The third-order valence-electron chi connectivity index (χ3n) is 3.06. The number of hydrogen-bond acceptors (Lipinski definition) is 2. The summed E-state index contributed by atoms with van der Waals surface area (Å²) in [7, 11) is 1.73. The molecular formula is C14H21F2NO. The van der Waals surface area contributed by atoms with Crippen LogP contribution in [0.1, 0.15) is 32.3 Å². The summed E-state index contributed by atoms with van der Waals surface area (Å²) in [6, 6.07) is 2.61. The average molecular weight is 257 g/mol. The highest BCUT2D eigenvalue weighted by atomic mass is 19.1. The van der Waals surface area contributed by atoms with Crippen LogP contribution in [0.4, 0.5) is 8.78 Å². The van der Waals surface area contributed by atoms with Crippen LogP contribution in [0.5, 0.6) is 5.75 Å². The molecule has 0 radical (unpaired) electrons. The van der Waals surface area contributed by atoms with Gasteiger partial charge in [0.2, 0.25) is 0 Å². The van der Waals surface area contributed by atoms with E-state index in [1.165, 1.54) is 12.1 Å². The molecule has 0 atom stereocenters. The summed E-state index contributed by atoms with van der Waals surface area (Å²) in [4.78, 5) is 0. The van der Waals surface area contributed by atoms with E-state index >= 15 is 0 Å². The maximum absolute atomic E-state index is 13.7. The van der Waals surface area contributed by atoms with Gasteiger partial charge in [0.25, 0.3) is 0 Å². The summed E-state index contributed by atoms with van der Waals surface area (Å²) < 4.78 is 32.7. The van der Waals surface area contributed by atoms with Crippen molar-refractivity contribution >= 4 is 0 Å². The molecule has 102 valence electrons. The molecule has 4 heteroatoms. The maximum atomic E-state index is 13.7. The molecule has 1 aromatic rings. The summed E-state index contributed by atoms with van der Waals surface area (Å²) in [5, 5.41) is 2.85. The van der Waals surface area contributed by atoms with E-state index in [2.05, 4.69) is 5.32 Å². The molecule has 0 unspecified atom stereocenters. The van der Waals surface area contributed by atoms with E-state index in [1.54, 1.807) is 7.05 Å². The van der Waals surface area contributed by atoms with Crippen molar-refractivity contribution in [2.75, 3.05) is 13.7 Å². The second-order valence-corrected chi connectivity index (χ2v) is 4.41. The lowest BCUT2D eigenvalue weighted by atomic mass is 10.1. The first-order valence-corrected chi connectivity index (χ1v) is 6.37. The minimum atomic E-state index is -0.633. The van der Waals surface area contributed by atoms with Crippen molar-refractivity contribution in [2.24, 2.45) is 5.92 Å². The van der Waals surface area contributed by atoms with Crippen LogP contribution in [0.2, 0.25) is 0 Å². The Kier molecular flexibility index (Phi) is 6.05. The number of benzene rings is 1. The van der Waals surface area contributed by atoms with Crippen molar-refractivity contribution in [1.29, 1.82) is 0 Å². The Hall–Kier alpha value is -1.16. The first-order valence-electron chi connectivity index (χ1n) is 6.37. The SMILES string of the molecule is CCC(CC)COc1c(F)cc(CNC)cc1F. The molecule has 0 aromatic heterocycles. The fraction of sp³-hybridized carbons (Fsp3) is 0.571. The standard InChI is InChI=1S/C14H21F2NO/c1-4-10(5-2)9-18-14-12(15)6-11(8-17-3)7-13(14)16/h6-7,10,17H,4-5,8-9H2,1-3H3. The van der Waals surface area contributed by atoms with Gasteiger partial charge in [0.1, 0.15) is 0 Å². The van der Waals surface area contributed by atoms with Gasteiger partial charge in [-0.2, -0.15) is 0 Å². The van der Waals surface area contributed by atoms with Crippen molar-refractivity contribution < 1.29 is 13.5 Å². The molecule has 1 rings (SSSR count). The van der Waals surface area contributed by atoms with Gasteiger partial charge in [0.05, 0.1) is 6.61 Å². The zero-order valence-electron chi connectivity index (χ0n) is 11.2. The molecule has 1 N–H and O–H groups in total. The topological polar surface area (TPSA) is 21.3 Å². The summed E-state index contributed by atoms with van der Waals surface area (Å²) in [5.41, 5.74) is 0.572. The fourth-order valence-electron chi connectivity index (χ4n) is 1.78. The molecule has 0 amide bonds.